The molecule has 2 aromatic carbocycles. The van der Waals surface area contributed by atoms with E-state index in [1.807, 2.05) is 47.0 Å². The second kappa shape index (κ2) is 9.62. The smallest absolute Gasteiger partial charge is 0.167 e. The van der Waals surface area contributed by atoms with Crippen LogP contribution in [0.3, 0.4) is 0 Å². The molecule has 0 aliphatic heterocycles. The third-order valence-corrected chi connectivity index (χ3v) is 5.00. The zero-order valence-electron chi connectivity index (χ0n) is 17.5. The van der Waals surface area contributed by atoms with Gasteiger partial charge in [0, 0.05) is 35.2 Å². The van der Waals surface area contributed by atoms with Gasteiger partial charge in [0.2, 0.25) is 0 Å². The molecular weight excluding hydrogens is 406 g/mol. The Bertz CT molecular complexity index is 1230. The summed E-state index contributed by atoms with van der Waals surface area (Å²) in [5, 5.41) is 32.5. The summed E-state index contributed by atoms with van der Waals surface area (Å²) < 4.78 is 7.32. The van der Waals surface area contributed by atoms with Crippen LogP contribution in [0.15, 0.2) is 71.5 Å². The molecule has 0 radical (unpaired) electrons. The SMILES string of the molecule is CC(O)c1nccn1Cc1cc(-c2ccc(C#Cc3ccc(C(O)CO)cc3)cc2)on1. The van der Waals surface area contributed by atoms with E-state index < -0.39 is 12.2 Å². The predicted octanol–water partition coefficient (Wildman–Crippen LogP) is 3.07. The largest absolute Gasteiger partial charge is 0.393 e. The third-order valence-electron chi connectivity index (χ3n) is 5.00. The first-order valence-electron chi connectivity index (χ1n) is 10.2. The van der Waals surface area contributed by atoms with Crippen LogP contribution in [0.25, 0.3) is 11.3 Å². The molecule has 4 aromatic rings. The van der Waals surface area contributed by atoms with E-state index >= 15 is 0 Å². The minimum atomic E-state index is -0.874. The lowest BCUT2D eigenvalue weighted by atomic mass is 10.1. The quantitative estimate of drug-likeness (QED) is 0.407. The van der Waals surface area contributed by atoms with Gasteiger partial charge in [0.05, 0.1) is 13.2 Å². The number of hydrogen-bond donors (Lipinski definition) is 3. The van der Waals surface area contributed by atoms with Crippen molar-refractivity contribution in [3.63, 3.8) is 0 Å². The zero-order valence-corrected chi connectivity index (χ0v) is 17.5. The molecule has 4 rings (SSSR count). The number of imidazole rings is 1. The van der Waals surface area contributed by atoms with E-state index in [1.165, 1.54) is 0 Å². The van der Waals surface area contributed by atoms with Crippen molar-refractivity contribution in [3.8, 4) is 23.2 Å². The van der Waals surface area contributed by atoms with Crippen LogP contribution in [0.4, 0.5) is 0 Å². The Morgan fingerprint density at radius 1 is 1.00 bits per heavy atom. The Kier molecular flexibility index (Phi) is 6.47. The molecule has 2 atom stereocenters. The van der Waals surface area contributed by atoms with Crippen molar-refractivity contribution in [1.29, 1.82) is 0 Å². The summed E-state index contributed by atoms with van der Waals surface area (Å²) in [6.45, 7) is 1.83. The Hall–Kier alpha value is -3.70. The molecule has 0 bridgehead atoms. The van der Waals surface area contributed by atoms with E-state index in [0.717, 1.165) is 22.4 Å². The van der Waals surface area contributed by atoms with Gasteiger partial charge in [-0.3, -0.25) is 0 Å². The van der Waals surface area contributed by atoms with Crippen LogP contribution < -0.4 is 0 Å². The number of aliphatic hydroxyl groups excluding tert-OH is 3. The second-order valence-electron chi connectivity index (χ2n) is 7.42. The van der Waals surface area contributed by atoms with Gasteiger partial charge in [-0.2, -0.15) is 0 Å². The van der Waals surface area contributed by atoms with Gasteiger partial charge in [-0.25, -0.2) is 4.98 Å². The van der Waals surface area contributed by atoms with E-state index in [2.05, 4.69) is 22.0 Å². The van der Waals surface area contributed by atoms with Gasteiger partial charge in [0.15, 0.2) is 5.76 Å². The van der Waals surface area contributed by atoms with Crippen LogP contribution in [0.1, 0.15) is 47.3 Å². The monoisotopic (exact) mass is 429 g/mol. The van der Waals surface area contributed by atoms with Gasteiger partial charge in [-0.05, 0) is 48.9 Å². The Morgan fingerprint density at radius 2 is 1.66 bits per heavy atom. The highest BCUT2D eigenvalue weighted by atomic mass is 16.5. The summed E-state index contributed by atoms with van der Waals surface area (Å²) in [5.41, 5.74) is 3.95. The highest BCUT2D eigenvalue weighted by molar-refractivity contribution is 5.59. The predicted molar refractivity (Wildman–Crippen MR) is 118 cm³/mol. The van der Waals surface area contributed by atoms with Crippen molar-refractivity contribution in [2.75, 3.05) is 6.61 Å². The summed E-state index contributed by atoms with van der Waals surface area (Å²) in [6.07, 6.45) is 1.92. The topological polar surface area (TPSA) is 105 Å². The van der Waals surface area contributed by atoms with Gasteiger partial charge in [0.1, 0.15) is 23.7 Å². The molecule has 0 spiro atoms. The summed E-state index contributed by atoms with van der Waals surface area (Å²) in [6, 6.07) is 16.7. The minimum Gasteiger partial charge on any atom is -0.393 e. The lowest BCUT2D eigenvalue weighted by molar-refractivity contribution is 0.0956. The van der Waals surface area contributed by atoms with Crippen molar-refractivity contribution in [2.45, 2.75) is 25.7 Å². The van der Waals surface area contributed by atoms with Gasteiger partial charge in [-0.15, -0.1) is 0 Å². The molecule has 2 unspecified atom stereocenters. The maximum atomic E-state index is 9.78. The van der Waals surface area contributed by atoms with E-state index in [0.29, 0.717) is 23.7 Å². The summed E-state index contributed by atoms with van der Waals surface area (Å²) in [7, 11) is 0. The number of aromatic nitrogens is 3. The molecule has 0 fully saturated rings. The molecule has 0 saturated carbocycles. The number of hydrogen-bond acceptors (Lipinski definition) is 6. The van der Waals surface area contributed by atoms with Crippen LogP contribution in [0.5, 0.6) is 0 Å². The fraction of sp³-hybridized carbons (Fsp3) is 0.200. The number of benzene rings is 2. The highest BCUT2D eigenvalue weighted by Crippen LogP contribution is 2.22. The van der Waals surface area contributed by atoms with E-state index in [-0.39, 0.29) is 6.61 Å². The summed E-state index contributed by atoms with van der Waals surface area (Å²) in [5.74, 6) is 7.43. The first kappa shape index (κ1) is 21.5. The molecular formula is C25H23N3O4. The van der Waals surface area contributed by atoms with Crippen LogP contribution in [-0.2, 0) is 6.54 Å². The summed E-state index contributed by atoms with van der Waals surface area (Å²) in [4.78, 5) is 4.16. The fourth-order valence-corrected chi connectivity index (χ4v) is 3.28. The first-order valence-corrected chi connectivity index (χ1v) is 10.2. The average Bonchev–Trinajstić information content (AvgIpc) is 3.48. The lowest BCUT2D eigenvalue weighted by Crippen LogP contribution is -2.07. The number of nitrogens with zero attached hydrogens (tertiary/aromatic N) is 3. The number of rotatable bonds is 6. The number of aliphatic hydroxyl groups is 3. The Balaban J connectivity index is 1.43. The zero-order chi connectivity index (χ0) is 22.5. The molecule has 0 saturated heterocycles. The minimum absolute atomic E-state index is 0.309. The van der Waals surface area contributed by atoms with Crippen molar-refractivity contribution >= 4 is 0 Å². The third kappa shape index (κ3) is 4.95. The van der Waals surface area contributed by atoms with Crippen LogP contribution in [0.2, 0.25) is 0 Å². The molecule has 2 heterocycles. The maximum absolute atomic E-state index is 9.78. The fourth-order valence-electron chi connectivity index (χ4n) is 3.28. The Labute approximate surface area is 185 Å². The maximum Gasteiger partial charge on any atom is 0.167 e. The van der Waals surface area contributed by atoms with Crippen LogP contribution >= 0.6 is 0 Å². The van der Waals surface area contributed by atoms with Crippen molar-refractivity contribution < 1.29 is 19.8 Å². The molecule has 162 valence electrons. The van der Waals surface area contributed by atoms with Crippen LogP contribution in [-0.4, -0.2) is 36.6 Å². The van der Waals surface area contributed by atoms with E-state index in [1.54, 1.807) is 31.5 Å². The first-order chi connectivity index (χ1) is 15.5. The average molecular weight is 429 g/mol. The van der Waals surface area contributed by atoms with Gasteiger partial charge >= 0.3 is 0 Å². The second-order valence-corrected chi connectivity index (χ2v) is 7.42. The van der Waals surface area contributed by atoms with Gasteiger partial charge in [0.25, 0.3) is 0 Å². The van der Waals surface area contributed by atoms with Gasteiger partial charge < -0.3 is 24.4 Å². The molecule has 0 aliphatic carbocycles. The lowest BCUT2D eigenvalue weighted by Gasteiger charge is -2.07. The highest BCUT2D eigenvalue weighted by Gasteiger charge is 2.12. The molecule has 7 nitrogen and oxygen atoms in total. The summed E-state index contributed by atoms with van der Waals surface area (Å²) >= 11 is 0. The Morgan fingerprint density at radius 3 is 2.28 bits per heavy atom. The van der Waals surface area contributed by atoms with E-state index in [4.69, 9.17) is 9.63 Å². The van der Waals surface area contributed by atoms with E-state index in [9.17, 15) is 10.2 Å². The molecule has 2 aromatic heterocycles. The van der Waals surface area contributed by atoms with Crippen molar-refractivity contribution in [1.82, 2.24) is 14.7 Å². The molecule has 32 heavy (non-hydrogen) atoms. The van der Waals surface area contributed by atoms with Crippen molar-refractivity contribution in [3.05, 3.63) is 95.2 Å². The van der Waals surface area contributed by atoms with Crippen molar-refractivity contribution in [2.24, 2.45) is 0 Å². The normalized spacial score (nSPS) is 12.8. The molecule has 3 N–H and O–H groups in total. The molecule has 0 aliphatic rings. The standard InChI is InChI=1S/C25H23N3O4/c1-17(30)25-26-12-13-28(25)15-22-14-24(32-27-22)21-10-6-19(7-11-21)3-2-18-4-8-20(9-5-18)23(31)16-29/h4-14,17,23,29-31H,15-16H2,1H3. The van der Waals surface area contributed by atoms with Crippen LogP contribution in [0, 0.1) is 11.8 Å². The molecule has 0 amide bonds. The molecule has 7 heteroatoms. The van der Waals surface area contributed by atoms with Gasteiger partial charge in [-0.1, -0.05) is 29.1 Å².